The third-order valence-corrected chi connectivity index (χ3v) is 6.53. The lowest BCUT2D eigenvalue weighted by Gasteiger charge is -2.10. The summed E-state index contributed by atoms with van der Waals surface area (Å²) in [6.07, 6.45) is 1.79. The van der Waals surface area contributed by atoms with Gasteiger partial charge in [-0.3, -0.25) is 14.6 Å². The molecule has 3 N–H and O–H groups in total. The molecule has 0 saturated heterocycles. The summed E-state index contributed by atoms with van der Waals surface area (Å²) in [5.41, 5.74) is 1.74. The lowest BCUT2D eigenvalue weighted by atomic mass is 10.1. The van der Waals surface area contributed by atoms with Crippen LogP contribution in [0.1, 0.15) is 21.6 Å². The minimum atomic E-state index is -4.34. The summed E-state index contributed by atoms with van der Waals surface area (Å²) in [7, 11) is -1.25. The maximum atomic E-state index is 12.6. The summed E-state index contributed by atoms with van der Waals surface area (Å²) in [5.74, 6) is 0.824. The molecule has 0 aliphatic rings. The number of aromatic nitrogens is 1. The van der Waals surface area contributed by atoms with Gasteiger partial charge in [-0.2, -0.15) is 0 Å². The number of sulfone groups is 1. The second kappa shape index (κ2) is 11.4. The van der Waals surface area contributed by atoms with Crippen LogP contribution in [0.2, 0.25) is 0 Å². The molecule has 11 heteroatoms. The number of benzene rings is 2. The predicted octanol–water partition coefficient (Wildman–Crippen LogP) is 2.57. The number of pyridine rings is 1. The number of methoxy groups -OCH3 is 2. The molecule has 2 amide bonds. The van der Waals surface area contributed by atoms with Crippen LogP contribution >= 0.6 is 0 Å². The Bertz CT molecular complexity index is 1290. The number of nitrogens with zero attached hydrogens (tertiary/aromatic N) is 1. The second-order valence-corrected chi connectivity index (χ2v) is 9.18. The minimum Gasteiger partial charge on any atom is -0.493 e. The molecule has 0 saturated carbocycles. The van der Waals surface area contributed by atoms with Crippen LogP contribution in [0.5, 0.6) is 11.5 Å². The Morgan fingerprint density at radius 2 is 1.69 bits per heavy atom. The van der Waals surface area contributed by atoms with E-state index in [0.717, 1.165) is 5.56 Å². The van der Waals surface area contributed by atoms with Crippen molar-refractivity contribution in [3.8, 4) is 11.5 Å². The quantitative estimate of drug-likeness (QED) is 0.408. The first-order valence-electron chi connectivity index (χ1n) is 10.5. The van der Waals surface area contributed by atoms with Crippen molar-refractivity contribution < 1.29 is 32.6 Å². The van der Waals surface area contributed by atoms with Gasteiger partial charge in [0.25, 0.3) is 15.7 Å². The van der Waals surface area contributed by atoms with Crippen LogP contribution in [0.4, 0.5) is 10.5 Å². The van der Waals surface area contributed by atoms with Crippen molar-refractivity contribution in [3.63, 3.8) is 0 Å². The number of hydrogen-bond donors (Lipinski definition) is 3. The number of ether oxygens (including phenoxy) is 2. The van der Waals surface area contributed by atoms with Gasteiger partial charge in [-0.15, -0.1) is 0 Å². The number of carbonyl (C=O) groups excluding carboxylic acids is 2. The van der Waals surface area contributed by atoms with Gasteiger partial charge in [0, 0.05) is 12.1 Å². The second-order valence-electron chi connectivity index (χ2n) is 7.33. The number of anilines is 1. The Hall–Kier alpha value is -3.96. The summed E-state index contributed by atoms with van der Waals surface area (Å²) in [6, 6.07) is 13.4. The van der Waals surface area contributed by atoms with Gasteiger partial charge >= 0.3 is 5.24 Å². The molecule has 184 valence electrons. The first-order chi connectivity index (χ1) is 16.8. The topological polar surface area (TPSA) is 144 Å². The zero-order valence-corrected chi connectivity index (χ0v) is 20.0. The van der Waals surface area contributed by atoms with Gasteiger partial charge in [-0.25, -0.2) is 8.42 Å². The maximum Gasteiger partial charge on any atom is 0.345 e. The summed E-state index contributed by atoms with van der Waals surface area (Å²) < 4.78 is 35.6. The first-order valence-corrected chi connectivity index (χ1v) is 12.0. The normalized spacial score (nSPS) is 10.9. The number of amides is 2. The molecule has 35 heavy (non-hydrogen) atoms. The monoisotopic (exact) mass is 499 g/mol. The molecule has 0 spiro atoms. The van der Waals surface area contributed by atoms with E-state index < -0.39 is 15.1 Å². The first kappa shape index (κ1) is 25.7. The summed E-state index contributed by atoms with van der Waals surface area (Å²) in [6.45, 7) is 0.0720. The lowest BCUT2D eigenvalue weighted by Crippen LogP contribution is -2.26. The van der Waals surface area contributed by atoms with Gasteiger partial charge in [0.05, 0.1) is 43.3 Å². The van der Waals surface area contributed by atoms with Gasteiger partial charge in [-0.1, -0.05) is 6.07 Å². The van der Waals surface area contributed by atoms with Crippen molar-refractivity contribution in [3.05, 3.63) is 77.6 Å². The van der Waals surface area contributed by atoms with Crippen LogP contribution in [0.25, 0.3) is 0 Å². The molecule has 0 fully saturated rings. The molecule has 1 heterocycles. The molecule has 3 aromatic rings. The van der Waals surface area contributed by atoms with Crippen molar-refractivity contribution in [1.82, 2.24) is 10.3 Å². The van der Waals surface area contributed by atoms with Gasteiger partial charge < -0.3 is 25.2 Å². The van der Waals surface area contributed by atoms with E-state index in [2.05, 4.69) is 15.6 Å². The molecule has 1 aromatic heterocycles. The van der Waals surface area contributed by atoms with E-state index in [1.807, 2.05) is 12.1 Å². The highest BCUT2D eigenvalue weighted by Crippen LogP contribution is 2.27. The zero-order chi connectivity index (χ0) is 25.4. The Morgan fingerprint density at radius 3 is 2.29 bits per heavy atom. The Balaban J connectivity index is 1.58. The fraction of sp³-hybridized carbons (Fsp3) is 0.208. The summed E-state index contributed by atoms with van der Waals surface area (Å²) in [5, 5.41) is 12.8. The molecule has 0 radical (unpaired) electrons. The van der Waals surface area contributed by atoms with Crippen LogP contribution in [-0.2, 0) is 22.9 Å². The fourth-order valence-electron chi connectivity index (χ4n) is 3.13. The van der Waals surface area contributed by atoms with Crippen LogP contribution in [0, 0.1) is 0 Å². The maximum absolute atomic E-state index is 12.6. The predicted molar refractivity (Wildman–Crippen MR) is 128 cm³/mol. The van der Waals surface area contributed by atoms with Crippen LogP contribution < -0.4 is 20.1 Å². The highest BCUT2D eigenvalue weighted by atomic mass is 32.2. The van der Waals surface area contributed by atoms with E-state index >= 15 is 0 Å². The standard InChI is InChI=1S/C24H25N3O7S/c1-33-21-10-3-16(13-22(21)34-2)11-12-25-23(29)17-4-8-20(9-5-17)35(31,32)24(30)27-18-6-7-19(15-28)26-14-18/h3-10,13-14,28H,11-12,15H2,1-2H3,(H,25,29)(H,27,30). The molecular weight excluding hydrogens is 474 g/mol. The Kier molecular flexibility index (Phi) is 8.39. The third kappa shape index (κ3) is 6.34. The Morgan fingerprint density at radius 1 is 0.971 bits per heavy atom. The number of aliphatic hydroxyl groups is 1. The van der Waals surface area contributed by atoms with E-state index in [1.54, 1.807) is 20.3 Å². The SMILES string of the molecule is COc1ccc(CCNC(=O)c2ccc(S(=O)(=O)C(=O)Nc3ccc(CO)nc3)cc2)cc1OC. The molecule has 0 atom stereocenters. The summed E-state index contributed by atoms with van der Waals surface area (Å²) >= 11 is 0. The van der Waals surface area contributed by atoms with E-state index in [9.17, 15) is 18.0 Å². The van der Waals surface area contributed by atoms with Crippen molar-refractivity contribution in [1.29, 1.82) is 0 Å². The van der Waals surface area contributed by atoms with Crippen molar-refractivity contribution in [2.24, 2.45) is 0 Å². The molecule has 0 bridgehead atoms. The number of carbonyl (C=O) groups is 2. The third-order valence-electron chi connectivity index (χ3n) is 5.05. The van der Waals surface area contributed by atoms with Crippen LogP contribution in [0.3, 0.4) is 0 Å². The summed E-state index contributed by atoms with van der Waals surface area (Å²) in [4.78, 5) is 28.4. The smallest absolute Gasteiger partial charge is 0.345 e. The van der Waals surface area contributed by atoms with E-state index in [-0.39, 0.29) is 28.7 Å². The van der Waals surface area contributed by atoms with Gasteiger partial charge in [0.2, 0.25) is 0 Å². The fourth-order valence-corrected chi connectivity index (χ4v) is 4.09. The number of nitrogens with one attached hydrogen (secondary N) is 2. The van der Waals surface area contributed by atoms with E-state index in [1.165, 1.54) is 42.6 Å². The molecule has 0 unspecified atom stereocenters. The highest BCUT2D eigenvalue weighted by Gasteiger charge is 2.25. The zero-order valence-electron chi connectivity index (χ0n) is 19.1. The van der Waals surface area contributed by atoms with Gasteiger partial charge in [-0.05, 0) is 60.5 Å². The van der Waals surface area contributed by atoms with Crippen molar-refractivity contribution in [2.45, 2.75) is 17.9 Å². The Labute approximate surface area is 202 Å². The highest BCUT2D eigenvalue weighted by molar-refractivity contribution is 8.06. The van der Waals surface area contributed by atoms with Crippen molar-refractivity contribution >= 4 is 26.7 Å². The van der Waals surface area contributed by atoms with Crippen molar-refractivity contribution in [2.75, 3.05) is 26.1 Å². The minimum absolute atomic E-state index is 0.168. The van der Waals surface area contributed by atoms with E-state index in [0.29, 0.717) is 30.2 Å². The number of aliphatic hydroxyl groups excluding tert-OH is 1. The average molecular weight is 500 g/mol. The lowest BCUT2D eigenvalue weighted by molar-refractivity contribution is 0.0954. The van der Waals surface area contributed by atoms with E-state index in [4.69, 9.17) is 14.6 Å². The molecule has 0 aliphatic carbocycles. The van der Waals surface area contributed by atoms with Gasteiger partial charge in [0.15, 0.2) is 11.5 Å². The van der Waals surface area contributed by atoms with Crippen LogP contribution in [0.15, 0.2) is 65.7 Å². The largest absolute Gasteiger partial charge is 0.493 e. The molecule has 3 rings (SSSR count). The molecule has 2 aromatic carbocycles. The van der Waals surface area contributed by atoms with Crippen LogP contribution in [-0.4, -0.2) is 50.4 Å². The average Bonchev–Trinajstić information content (AvgIpc) is 2.88. The van der Waals surface area contributed by atoms with Gasteiger partial charge in [0.1, 0.15) is 0 Å². The molecule has 10 nitrogen and oxygen atoms in total. The number of rotatable bonds is 9. The molecular formula is C24H25N3O7S. The molecule has 0 aliphatic heterocycles. The number of hydrogen-bond acceptors (Lipinski definition) is 8.